The number of rotatable bonds is 6. The van der Waals surface area contributed by atoms with E-state index in [4.69, 9.17) is 5.11 Å². The lowest BCUT2D eigenvalue weighted by Crippen LogP contribution is -2.50. The maximum atomic E-state index is 13.2. The summed E-state index contributed by atoms with van der Waals surface area (Å²) in [5.41, 5.74) is -0.197. The highest BCUT2D eigenvalue weighted by Crippen LogP contribution is 2.26. The summed E-state index contributed by atoms with van der Waals surface area (Å²) in [6, 6.07) is 5.94. The van der Waals surface area contributed by atoms with Gasteiger partial charge in [0.15, 0.2) is 0 Å². The van der Waals surface area contributed by atoms with Crippen LogP contribution in [0.15, 0.2) is 24.3 Å². The zero-order valence-electron chi connectivity index (χ0n) is 13.5. The molecule has 1 aliphatic rings. The number of urea groups is 1. The van der Waals surface area contributed by atoms with E-state index in [0.29, 0.717) is 45.3 Å². The van der Waals surface area contributed by atoms with Crippen molar-refractivity contribution in [3.63, 3.8) is 0 Å². The van der Waals surface area contributed by atoms with E-state index in [9.17, 15) is 19.1 Å². The van der Waals surface area contributed by atoms with E-state index in [1.165, 1.54) is 12.1 Å². The molecule has 1 aromatic rings. The number of halogens is 1. The second-order valence-electron chi connectivity index (χ2n) is 6.25. The number of hydrogen-bond acceptors (Lipinski definition) is 3. The maximum absolute atomic E-state index is 13.2. The highest BCUT2D eigenvalue weighted by atomic mass is 19.1. The lowest BCUT2D eigenvalue weighted by atomic mass is 9.85. The number of likely N-dealkylation sites (tertiary alicyclic amines) is 1. The number of carboxylic acid groups (broad SMARTS) is 1. The van der Waals surface area contributed by atoms with Gasteiger partial charge in [-0.15, -0.1) is 0 Å². The van der Waals surface area contributed by atoms with Crippen molar-refractivity contribution in [1.82, 2.24) is 10.2 Å². The molecule has 2 rings (SSSR count). The third kappa shape index (κ3) is 5.49. The van der Waals surface area contributed by atoms with Crippen LogP contribution in [0, 0.1) is 5.82 Å². The smallest absolute Gasteiger partial charge is 0.317 e. The molecule has 1 heterocycles. The van der Waals surface area contributed by atoms with Gasteiger partial charge in [0.2, 0.25) is 0 Å². The molecule has 3 N–H and O–H groups in total. The molecule has 0 unspecified atom stereocenters. The molecule has 24 heavy (non-hydrogen) atoms. The van der Waals surface area contributed by atoms with Gasteiger partial charge < -0.3 is 20.4 Å². The van der Waals surface area contributed by atoms with Gasteiger partial charge in [0.25, 0.3) is 0 Å². The van der Waals surface area contributed by atoms with Crippen LogP contribution >= 0.6 is 0 Å². The summed E-state index contributed by atoms with van der Waals surface area (Å²) in [6.07, 6.45) is 1.61. The average molecular weight is 338 g/mol. The molecule has 1 fully saturated rings. The van der Waals surface area contributed by atoms with Crippen molar-refractivity contribution in [3.05, 3.63) is 35.6 Å². The molecule has 2 amide bonds. The van der Waals surface area contributed by atoms with E-state index >= 15 is 0 Å². The fourth-order valence-corrected chi connectivity index (χ4v) is 2.88. The molecule has 0 spiro atoms. The minimum Gasteiger partial charge on any atom is -0.481 e. The molecule has 132 valence electrons. The van der Waals surface area contributed by atoms with Gasteiger partial charge in [-0.05, 0) is 37.0 Å². The number of carbonyl (C=O) groups is 2. The molecule has 0 aliphatic carbocycles. The highest BCUT2D eigenvalue weighted by Gasteiger charge is 2.34. The fraction of sp³-hybridized carbons (Fsp3) is 0.529. The molecule has 7 heteroatoms. The van der Waals surface area contributed by atoms with Gasteiger partial charge in [-0.3, -0.25) is 4.79 Å². The molecule has 0 radical (unpaired) electrons. The van der Waals surface area contributed by atoms with Crippen molar-refractivity contribution < 1.29 is 24.2 Å². The zero-order chi connectivity index (χ0) is 17.6. The van der Waals surface area contributed by atoms with E-state index < -0.39 is 11.6 Å². The first-order valence-corrected chi connectivity index (χ1v) is 8.09. The Kier molecular flexibility index (Phi) is 6.14. The highest BCUT2D eigenvalue weighted by molar-refractivity contribution is 5.74. The second kappa shape index (κ2) is 8.10. The van der Waals surface area contributed by atoms with Crippen LogP contribution in [0.4, 0.5) is 9.18 Å². The first-order chi connectivity index (χ1) is 11.4. The van der Waals surface area contributed by atoms with Gasteiger partial charge in [-0.25, -0.2) is 9.18 Å². The Morgan fingerprint density at radius 2 is 2.00 bits per heavy atom. The Hall–Kier alpha value is -2.15. The van der Waals surface area contributed by atoms with Crippen molar-refractivity contribution in [2.24, 2.45) is 0 Å². The molecule has 1 aromatic carbocycles. The monoisotopic (exact) mass is 338 g/mol. The molecule has 1 saturated heterocycles. The molecule has 0 bridgehead atoms. The van der Waals surface area contributed by atoms with Crippen LogP contribution in [-0.2, 0) is 11.2 Å². The number of carboxylic acids is 1. The SMILES string of the molecule is O=C(O)CCCNC(=O)N1CCC(O)(Cc2cccc(F)c2)CC1. The molecule has 0 atom stereocenters. The Morgan fingerprint density at radius 3 is 2.62 bits per heavy atom. The minimum atomic E-state index is -0.937. The largest absolute Gasteiger partial charge is 0.481 e. The summed E-state index contributed by atoms with van der Waals surface area (Å²) < 4.78 is 13.2. The normalized spacial score (nSPS) is 16.7. The first-order valence-electron chi connectivity index (χ1n) is 8.09. The number of aliphatic carboxylic acids is 1. The Morgan fingerprint density at radius 1 is 1.29 bits per heavy atom. The molecular weight excluding hydrogens is 315 g/mol. The van der Waals surface area contributed by atoms with Crippen LogP contribution in [-0.4, -0.2) is 52.3 Å². The summed E-state index contributed by atoms with van der Waals surface area (Å²) in [4.78, 5) is 24.0. The standard InChI is InChI=1S/C17H23FN2O4/c18-14-4-1-3-13(11-14)12-17(24)6-9-20(10-7-17)16(23)19-8-2-5-15(21)22/h1,3-4,11,24H,2,5-10,12H2,(H,19,23)(H,21,22). The van der Waals surface area contributed by atoms with Crippen LogP contribution in [0.1, 0.15) is 31.2 Å². The van der Waals surface area contributed by atoms with Gasteiger partial charge in [-0.1, -0.05) is 12.1 Å². The van der Waals surface area contributed by atoms with Crippen molar-refractivity contribution in [2.75, 3.05) is 19.6 Å². The van der Waals surface area contributed by atoms with Crippen LogP contribution in [0.5, 0.6) is 0 Å². The Balaban J connectivity index is 1.77. The van der Waals surface area contributed by atoms with Gasteiger partial charge in [0.05, 0.1) is 5.60 Å². The number of amides is 2. The topological polar surface area (TPSA) is 89.9 Å². The van der Waals surface area contributed by atoms with Crippen LogP contribution in [0.25, 0.3) is 0 Å². The third-order valence-electron chi connectivity index (χ3n) is 4.25. The first kappa shape index (κ1) is 18.2. The molecule has 0 saturated carbocycles. The number of aliphatic hydroxyl groups is 1. The van der Waals surface area contributed by atoms with E-state index in [-0.39, 0.29) is 18.3 Å². The minimum absolute atomic E-state index is 0.0215. The van der Waals surface area contributed by atoms with E-state index in [0.717, 1.165) is 5.56 Å². The summed E-state index contributed by atoms with van der Waals surface area (Å²) in [5, 5.41) is 21.9. The molecular formula is C17H23FN2O4. The average Bonchev–Trinajstić information content (AvgIpc) is 2.51. The predicted molar refractivity (Wildman–Crippen MR) is 86.1 cm³/mol. The number of piperidine rings is 1. The van der Waals surface area contributed by atoms with Crippen molar-refractivity contribution >= 4 is 12.0 Å². The maximum Gasteiger partial charge on any atom is 0.317 e. The summed E-state index contributed by atoms with van der Waals surface area (Å²) >= 11 is 0. The van der Waals surface area contributed by atoms with Gasteiger partial charge in [-0.2, -0.15) is 0 Å². The molecule has 1 aliphatic heterocycles. The predicted octanol–water partition coefficient (Wildman–Crippen LogP) is 1.77. The van der Waals surface area contributed by atoms with Gasteiger partial charge in [0.1, 0.15) is 5.82 Å². The van der Waals surface area contributed by atoms with E-state index in [2.05, 4.69) is 5.32 Å². The van der Waals surface area contributed by atoms with Crippen molar-refractivity contribution in [1.29, 1.82) is 0 Å². The van der Waals surface area contributed by atoms with Crippen molar-refractivity contribution in [2.45, 2.75) is 37.7 Å². The number of benzene rings is 1. The van der Waals surface area contributed by atoms with Gasteiger partial charge >= 0.3 is 12.0 Å². The molecule has 6 nitrogen and oxygen atoms in total. The summed E-state index contributed by atoms with van der Waals surface area (Å²) in [5.74, 6) is -1.21. The van der Waals surface area contributed by atoms with Crippen LogP contribution < -0.4 is 5.32 Å². The second-order valence-corrected chi connectivity index (χ2v) is 6.25. The van der Waals surface area contributed by atoms with Gasteiger partial charge in [0, 0.05) is 32.5 Å². The summed E-state index contributed by atoms with van der Waals surface area (Å²) in [6.45, 7) is 1.14. The number of hydrogen-bond donors (Lipinski definition) is 3. The lowest BCUT2D eigenvalue weighted by molar-refractivity contribution is -0.137. The quantitative estimate of drug-likeness (QED) is 0.690. The van der Waals surface area contributed by atoms with E-state index in [1.807, 2.05) is 0 Å². The summed E-state index contributed by atoms with van der Waals surface area (Å²) in [7, 11) is 0. The third-order valence-corrected chi connectivity index (χ3v) is 4.25. The van der Waals surface area contributed by atoms with Crippen LogP contribution in [0.3, 0.4) is 0 Å². The fourth-order valence-electron chi connectivity index (χ4n) is 2.88. The van der Waals surface area contributed by atoms with Crippen molar-refractivity contribution in [3.8, 4) is 0 Å². The molecule has 0 aromatic heterocycles. The zero-order valence-corrected chi connectivity index (χ0v) is 13.5. The Labute approximate surface area is 140 Å². The Bertz CT molecular complexity index is 586. The van der Waals surface area contributed by atoms with E-state index in [1.54, 1.807) is 17.0 Å². The number of nitrogens with one attached hydrogen (secondary N) is 1. The number of carbonyl (C=O) groups excluding carboxylic acids is 1. The van der Waals surface area contributed by atoms with Crippen LogP contribution in [0.2, 0.25) is 0 Å². The number of nitrogens with zero attached hydrogens (tertiary/aromatic N) is 1. The lowest BCUT2D eigenvalue weighted by Gasteiger charge is -2.38.